The van der Waals surface area contributed by atoms with Crippen LogP contribution in [-0.2, 0) is 22.7 Å². The highest BCUT2D eigenvalue weighted by molar-refractivity contribution is 5.79. The molecule has 2 aromatic carbocycles. The molecule has 1 saturated carbocycles. The van der Waals surface area contributed by atoms with Crippen LogP contribution in [0.3, 0.4) is 0 Å². The maximum Gasteiger partial charge on any atom is 0.312 e. The Morgan fingerprint density at radius 2 is 1.86 bits per heavy atom. The summed E-state index contributed by atoms with van der Waals surface area (Å²) in [6.07, 6.45) is 4.33. The van der Waals surface area contributed by atoms with Crippen LogP contribution in [0.4, 0.5) is 0 Å². The van der Waals surface area contributed by atoms with Crippen LogP contribution in [0.25, 0.3) is 5.65 Å². The lowest BCUT2D eigenvalue weighted by atomic mass is 9.70. The number of fused-ring (bicyclic) bond motifs is 1. The largest absolute Gasteiger partial charge is 0.460 e. The Labute approximate surface area is 212 Å². The number of carbonyl (C=O) groups excluding carboxylic acids is 1. The summed E-state index contributed by atoms with van der Waals surface area (Å²) >= 11 is 0. The normalized spacial score (nSPS) is 14.7. The van der Waals surface area contributed by atoms with Crippen molar-refractivity contribution >= 4 is 11.6 Å². The van der Waals surface area contributed by atoms with E-state index >= 15 is 0 Å². The maximum atomic E-state index is 13.6. The molecule has 1 N–H and O–H groups in total. The van der Waals surface area contributed by atoms with Gasteiger partial charge in [0, 0.05) is 18.0 Å². The van der Waals surface area contributed by atoms with Crippen molar-refractivity contribution in [3.8, 4) is 0 Å². The SMILES string of the molecule is Cc1ccc(C(c2ccn3c(C4CC4)nnc3c2C)C(C)(C)C(=O)OCc2ccccc2)cc1CO. The number of rotatable bonds is 8. The zero-order chi connectivity index (χ0) is 25.4. The zero-order valence-corrected chi connectivity index (χ0v) is 21.4. The van der Waals surface area contributed by atoms with Crippen LogP contribution in [0.5, 0.6) is 0 Å². The Morgan fingerprint density at radius 3 is 2.56 bits per heavy atom. The number of aromatic nitrogens is 3. The van der Waals surface area contributed by atoms with Crippen LogP contribution in [0.1, 0.15) is 77.7 Å². The molecule has 6 heteroatoms. The van der Waals surface area contributed by atoms with Gasteiger partial charge in [-0.05, 0) is 80.0 Å². The number of pyridine rings is 1. The number of carbonyl (C=O) groups is 1. The van der Waals surface area contributed by atoms with Gasteiger partial charge in [0.1, 0.15) is 12.4 Å². The van der Waals surface area contributed by atoms with Crippen LogP contribution in [-0.4, -0.2) is 25.7 Å². The van der Waals surface area contributed by atoms with Crippen LogP contribution < -0.4 is 0 Å². The Morgan fingerprint density at radius 1 is 1.11 bits per heavy atom. The van der Waals surface area contributed by atoms with E-state index in [1.54, 1.807) is 0 Å². The first-order chi connectivity index (χ1) is 17.3. The van der Waals surface area contributed by atoms with Gasteiger partial charge in [-0.2, -0.15) is 0 Å². The van der Waals surface area contributed by atoms with E-state index in [-0.39, 0.29) is 25.1 Å². The van der Waals surface area contributed by atoms with E-state index < -0.39 is 5.41 Å². The van der Waals surface area contributed by atoms with E-state index in [2.05, 4.69) is 33.7 Å². The van der Waals surface area contributed by atoms with Crippen molar-refractivity contribution in [3.05, 3.63) is 100.0 Å². The quantitative estimate of drug-likeness (QED) is 0.329. The van der Waals surface area contributed by atoms with E-state index in [0.29, 0.717) is 5.92 Å². The van der Waals surface area contributed by atoms with Gasteiger partial charge in [-0.25, -0.2) is 0 Å². The molecular weight excluding hydrogens is 450 g/mol. The number of benzene rings is 2. The number of aliphatic hydroxyl groups excluding tert-OH is 1. The first-order valence-electron chi connectivity index (χ1n) is 12.6. The van der Waals surface area contributed by atoms with Crippen LogP contribution in [0.15, 0.2) is 60.8 Å². The highest BCUT2D eigenvalue weighted by Crippen LogP contribution is 2.45. The minimum atomic E-state index is -0.890. The third-order valence-electron chi connectivity index (χ3n) is 7.48. The number of aliphatic hydroxyl groups is 1. The Balaban J connectivity index is 1.58. The topological polar surface area (TPSA) is 76.7 Å². The molecule has 1 unspecified atom stereocenters. The summed E-state index contributed by atoms with van der Waals surface area (Å²) in [7, 11) is 0. The molecule has 1 atom stereocenters. The summed E-state index contributed by atoms with van der Waals surface area (Å²) < 4.78 is 7.93. The number of nitrogens with zero attached hydrogens (tertiary/aromatic N) is 3. The van der Waals surface area contributed by atoms with Crippen molar-refractivity contribution in [3.63, 3.8) is 0 Å². The second-order valence-electron chi connectivity index (χ2n) is 10.5. The molecule has 1 fully saturated rings. The zero-order valence-electron chi connectivity index (χ0n) is 21.4. The van der Waals surface area contributed by atoms with Gasteiger partial charge in [-0.3, -0.25) is 9.20 Å². The van der Waals surface area contributed by atoms with Gasteiger partial charge in [-0.1, -0.05) is 48.5 Å². The van der Waals surface area contributed by atoms with Gasteiger partial charge in [0.25, 0.3) is 0 Å². The average molecular weight is 484 g/mol. The molecule has 2 heterocycles. The van der Waals surface area contributed by atoms with Crippen LogP contribution in [0, 0.1) is 19.3 Å². The monoisotopic (exact) mass is 483 g/mol. The Bertz CT molecular complexity index is 1400. The molecule has 0 saturated heterocycles. The number of hydrogen-bond acceptors (Lipinski definition) is 5. The van der Waals surface area contributed by atoms with E-state index in [9.17, 15) is 9.90 Å². The highest BCUT2D eigenvalue weighted by atomic mass is 16.5. The van der Waals surface area contributed by atoms with Crippen molar-refractivity contribution in [1.82, 2.24) is 14.6 Å². The van der Waals surface area contributed by atoms with E-state index in [4.69, 9.17) is 4.74 Å². The van der Waals surface area contributed by atoms with Gasteiger partial charge in [0.05, 0.1) is 12.0 Å². The number of aryl methyl sites for hydroxylation is 2. The number of esters is 1. The molecule has 1 aliphatic rings. The predicted molar refractivity (Wildman–Crippen MR) is 139 cm³/mol. The van der Waals surface area contributed by atoms with E-state index in [1.165, 1.54) is 0 Å². The van der Waals surface area contributed by atoms with Crippen LogP contribution >= 0.6 is 0 Å². The fourth-order valence-corrected chi connectivity index (χ4v) is 5.10. The first kappa shape index (κ1) is 24.2. The second-order valence-corrected chi connectivity index (χ2v) is 10.5. The molecule has 1 aliphatic carbocycles. The smallest absolute Gasteiger partial charge is 0.312 e. The van der Waals surface area contributed by atoms with Gasteiger partial charge in [-0.15, -0.1) is 10.2 Å². The predicted octanol–water partition coefficient (Wildman–Crippen LogP) is 5.62. The molecule has 4 aromatic rings. The molecule has 5 rings (SSSR count). The van der Waals surface area contributed by atoms with Crippen molar-refractivity contribution < 1.29 is 14.6 Å². The molecular formula is C30H33N3O3. The van der Waals surface area contributed by atoms with E-state index in [1.807, 2.05) is 69.4 Å². The van der Waals surface area contributed by atoms with Gasteiger partial charge in [0.15, 0.2) is 5.65 Å². The number of ether oxygens (including phenoxy) is 1. The molecule has 186 valence electrons. The molecule has 6 nitrogen and oxygen atoms in total. The van der Waals surface area contributed by atoms with E-state index in [0.717, 1.165) is 57.7 Å². The minimum Gasteiger partial charge on any atom is -0.460 e. The lowest BCUT2D eigenvalue weighted by Crippen LogP contribution is -2.34. The minimum absolute atomic E-state index is 0.0573. The summed E-state index contributed by atoms with van der Waals surface area (Å²) in [6.45, 7) is 8.07. The molecule has 0 amide bonds. The molecule has 0 spiro atoms. The summed E-state index contributed by atoms with van der Waals surface area (Å²) in [5.74, 6) is 0.907. The highest BCUT2D eigenvalue weighted by Gasteiger charge is 2.42. The number of hydrogen-bond donors (Lipinski definition) is 1. The van der Waals surface area contributed by atoms with Gasteiger partial charge in [0.2, 0.25) is 0 Å². The van der Waals surface area contributed by atoms with Crippen molar-refractivity contribution in [2.75, 3.05) is 0 Å². The third-order valence-corrected chi connectivity index (χ3v) is 7.48. The fourth-order valence-electron chi connectivity index (χ4n) is 5.10. The summed E-state index contributed by atoms with van der Waals surface area (Å²) in [5.41, 5.74) is 5.71. The van der Waals surface area contributed by atoms with Gasteiger partial charge >= 0.3 is 5.97 Å². The lowest BCUT2D eigenvalue weighted by Gasteiger charge is -2.34. The average Bonchev–Trinajstić information content (AvgIpc) is 3.63. The summed E-state index contributed by atoms with van der Waals surface area (Å²) in [6, 6.07) is 17.9. The molecule has 0 radical (unpaired) electrons. The van der Waals surface area contributed by atoms with Crippen molar-refractivity contribution in [1.29, 1.82) is 0 Å². The Hall–Kier alpha value is -3.51. The summed E-state index contributed by atoms with van der Waals surface area (Å²) in [4.78, 5) is 13.6. The van der Waals surface area contributed by atoms with Crippen molar-refractivity contribution in [2.45, 2.75) is 65.6 Å². The third kappa shape index (κ3) is 4.42. The fraction of sp³-hybridized carbons (Fsp3) is 0.367. The second kappa shape index (κ2) is 9.51. The van der Waals surface area contributed by atoms with Crippen molar-refractivity contribution in [2.24, 2.45) is 5.41 Å². The molecule has 36 heavy (non-hydrogen) atoms. The standard InChI is InChI=1S/C30H33N3O3/c1-19-10-11-23(16-24(19)17-34)26(30(3,4)29(35)36-18-21-8-6-5-7-9-21)25-14-15-33-27(20(25)2)31-32-28(33)22-12-13-22/h5-11,14-16,22,26,34H,12-13,17-18H2,1-4H3. The Kier molecular flexibility index (Phi) is 6.39. The molecule has 2 aromatic heterocycles. The lowest BCUT2D eigenvalue weighted by molar-refractivity contribution is -0.156. The summed E-state index contributed by atoms with van der Waals surface area (Å²) in [5, 5.41) is 19.0. The van der Waals surface area contributed by atoms with Gasteiger partial charge < -0.3 is 9.84 Å². The molecule has 0 bridgehead atoms. The van der Waals surface area contributed by atoms with Crippen LogP contribution in [0.2, 0.25) is 0 Å². The molecule has 0 aliphatic heterocycles. The maximum absolute atomic E-state index is 13.6. The first-order valence-corrected chi connectivity index (χ1v) is 12.6.